The van der Waals surface area contributed by atoms with Gasteiger partial charge in [-0.05, 0) is 30.8 Å². The average molecular weight is 318 g/mol. The molecule has 3 nitrogen and oxygen atoms in total. The lowest BCUT2D eigenvalue weighted by atomic mass is 10.1. The Hall–Kier alpha value is -1.49. The molecule has 108 valence electrons. The second-order valence-electron chi connectivity index (χ2n) is 4.79. The Kier molecular flexibility index (Phi) is 4.48. The van der Waals surface area contributed by atoms with Crippen molar-refractivity contribution in [1.29, 1.82) is 0 Å². The third-order valence-electron chi connectivity index (χ3n) is 3.27. The number of para-hydroxylation sites is 1. The minimum Gasteiger partial charge on any atom is -0.309 e. The van der Waals surface area contributed by atoms with Gasteiger partial charge in [-0.2, -0.15) is 0 Å². The predicted molar refractivity (Wildman–Crippen MR) is 89.0 cm³/mol. The molecule has 1 atom stereocenters. The number of hydrogen-bond donors (Lipinski definition) is 1. The molecule has 1 N–H and O–H groups in total. The van der Waals surface area contributed by atoms with Crippen molar-refractivity contribution in [3.05, 3.63) is 58.3 Å². The molecule has 1 unspecified atom stereocenters. The van der Waals surface area contributed by atoms with E-state index < -0.39 is 0 Å². The van der Waals surface area contributed by atoms with E-state index in [0.717, 1.165) is 29.2 Å². The van der Waals surface area contributed by atoms with Crippen molar-refractivity contribution in [2.45, 2.75) is 19.4 Å². The quantitative estimate of drug-likeness (QED) is 0.765. The van der Waals surface area contributed by atoms with Gasteiger partial charge in [0, 0.05) is 12.6 Å². The van der Waals surface area contributed by atoms with Crippen LogP contribution >= 0.6 is 22.9 Å². The summed E-state index contributed by atoms with van der Waals surface area (Å²) in [5.74, 6) is 0. The molecule has 0 aliphatic heterocycles. The summed E-state index contributed by atoms with van der Waals surface area (Å²) in [6.45, 7) is 2.99. The van der Waals surface area contributed by atoms with Crippen LogP contribution in [0.2, 0.25) is 5.02 Å². The van der Waals surface area contributed by atoms with Gasteiger partial charge < -0.3 is 5.32 Å². The zero-order valence-corrected chi connectivity index (χ0v) is 13.3. The zero-order chi connectivity index (χ0) is 14.7. The number of likely N-dealkylation sites (N-methyl/N-ethyl adjacent to an activating group) is 1. The van der Waals surface area contributed by atoms with Gasteiger partial charge in [-0.15, -0.1) is 11.3 Å². The number of aromatic nitrogens is 2. The topological polar surface area (TPSA) is 37.8 Å². The van der Waals surface area contributed by atoms with E-state index in [4.69, 9.17) is 16.6 Å². The molecule has 0 saturated carbocycles. The van der Waals surface area contributed by atoms with Gasteiger partial charge in [0.15, 0.2) is 0 Å². The van der Waals surface area contributed by atoms with E-state index in [0.29, 0.717) is 5.02 Å². The van der Waals surface area contributed by atoms with Crippen molar-refractivity contribution in [3.8, 4) is 0 Å². The highest BCUT2D eigenvalue weighted by atomic mass is 35.5. The molecule has 0 saturated heterocycles. The number of rotatable bonds is 5. The summed E-state index contributed by atoms with van der Waals surface area (Å²) in [6.07, 6.45) is 2.53. The summed E-state index contributed by atoms with van der Waals surface area (Å²) < 4.78 is 1.23. The first-order valence-corrected chi connectivity index (χ1v) is 8.15. The first kappa shape index (κ1) is 14.4. The molecule has 2 aromatic heterocycles. The maximum absolute atomic E-state index is 5.91. The second kappa shape index (κ2) is 6.52. The predicted octanol–water partition coefficient (Wildman–Crippen LogP) is 4.24. The first-order valence-electron chi connectivity index (χ1n) is 6.95. The number of halogens is 1. The van der Waals surface area contributed by atoms with Crippen molar-refractivity contribution in [3.63, 3.8) is 0 Å². The zero-order valence-electron chi connectivity index (χ0n) is 11.7. The smallest absolute Gasteiger partial charge is 0.0958 e. The second-order valence-corrected chi connectivity index (χ2v) is 6.34. The van der Waals surface area contributed by atoms with Gasteiger partial charge in [-0.25, -0.2) is 4.98 Å². The summed E-state index contributed by atoms with van der Waals surface area (Å²) in [4.78, 5) is 9.13. The van der Waals surface area contributed by atoms with E-state index in [-0.39, 0.29) is 6.04 Å². The molecule has 0 aliphatic rings. The van der Waals surface area contributed by atoms with Gasteiger partial charge in [-0.1, -0.05) is 30.7 Å². The fourth-order valence-corrected chi connectivity index (χ4v) is 3.43. The standard InChI is InChI=1S/C16H16ClN3S/c1-2-18-14(12-8-7-11(17)10-19-12)9-16-20-13-5-3-4-6-15(13)21-16/h3-8,10,14,18H,2,9H2,1H3. The van der Waals surface area contributed by atoms with E-state index in [9.17, 15) is 0 Å². The molecule has 1 aromatic carbocycles. The van der Waals surface area contributed by atoms with Crippen LogP contribution in [0.25, 0.3) is 10.2 Å². The van der Waals surface area contributed by atoms with Crippen LogP contribution in [0.3, 0.4) is 0 Å². The molecule has 21 heavy (non-hydrogen) atoms. The van der Waals surface area contributed by atoms with Crippen LogP contribution < -0.4 is 5.32 Å². The normalized spacial score (nSPS) is 12.7. The van der Waals surface area contributed by atoms with Gasteiger partial charge in [0.05, 0.1) is 32.0 Å². The number of thiazole rings is 1. The molecular weight excluding hydrogens is 302 g/mol. The van der Waals surface area contributed by atoms with Crippen LogP contribution in [-0.2, 0) is 6.42 Å². The highest BCUT2D eigenvalue weighted by Gasteiger charge is 2.15. The molecular formula is C16H16ClN3S. The van der Waals surface area contributed by atoms with Crippen LogP contribution in [0, 0.1) is 0 Å². The van der Waals surface area contributed by atoms with Crippen molar-refractivity contribution >= 4 is 33.2 Å². The van der Waals surface area contributed by atoms with Crippen molar-refractivity contribution < 1.29 is 0 Å². The number of hydrogen-bond acceptors (Lipinski definition) is 4. The Bertz CT molecular complexity index is 691. The Balaban J connectivity index is 1.85. The maximum atomic E-state index is 5.91. The number of nitrogens with one attached hydrogen (secondary N) is 1. The minimum absolute atomic E-state index is 0.160. The molecule has 3 aromatic rings. The van der Waals surface area contributed by atoms with E-state index in [2.05, 4.69) is 29.4 Å². The molecule has 2 heterocycles. The molecule has 0 bridgehead atoms. The lowest BCUT2D eigenvalue weighted by Gasteiger charge is -2.16. The fraction of sp³-hybridized carbons (Fsp3) is 0.250. The molecule has 0 aliphatic carbocycles. The Morgan fingerprint density at radius 1 is 1.24 bits per heavy atom. The molecule has 3 rings (SSSR count). The Morgan fingerprint density at radius 2 is 2.10 bits per heavy atom. The summed E-state index contributed by atoms with van der Waals surface area (Å²) >= 11 is 7.66. The Morgan fingerprint density at radius 3 is 2.81 bits per heavy atom. The highest BCUT2D eigenvalue weighted by Crippen LogP contribution is 2.26. The van der Waals surface area contributed by atoms with Crippen LogP contribution in [0.15, 0.2) is 42.6 Å². The minimum atomic E-state index is 0.160. The lowest BCUT2D eigenvalue weighted by Crippen LogP contribution is -2.23. The number of pyridine rings is 1. The number of nitrogens with zero attached hydrogens (tertiary/aromatic N) is 2. The van der Waals surface area contributed by atoms with Crippen LogP contribution in [0.5, 0.6) is 0 Å². The third kappa shape index (κ3) is 3.40. The van der Waals surface area contributed by atoms with E-state index in [1.807, 2.05) is 24.3 Å². The SMILES string of the molecule is CCNC(Cc1nc2ccccc2s1)c1ccc(Cl)cn1. The van der Waals surface area contributed by atoms with Crippen LogP contribution in [-0.4, -0.2) is 16.5 Å². The van der Waals surface area contributed by atoms with Gasteiger partial charge >= 0.3 is 0 Å². The van der Waals surface area contributed by atoms with E-state index in [1.54, 1.807) is 17.5 Å². The van der Waals surface area contributed by atoms with Crippen LogP contribution in [0.4, 0.5) is 0 Å². The van der Waals surface area contributed by atoms with E-state index in [1.165, 1.54) is 4.70 Å². The molecule has 0 radical (unpaired) electrons. The molecule has 0 fully saturated rings. The number of benzene rings is 1. The molecule has 0 amide bonds. The maximum Gasteiger partial charge on any atom is 0.0958 e. The van der Waals surface area contributed by atoms with Gasteiger partial charge in [0.2, 0.25) is 0 Å². The summed E-state index contributed by atoms with van der Waals surface area (Å²) in [6, 6.07) is 12.3. The Labute approximate surface area is 133 Å². The van der Waals surface area contributed by atoms with E-state index >= 15 is 0 Å². The van der Waals surface area contributed by atoms with Crippen molar-refractivity contribution in [1.82, 2.24) is 15.3 Å². The van der Waals surface area contributed by atoms with Crippen LogP contribution in [0.1, 0.15) is 23.7 Å². The highest BCUT2D eigenvalue weighted by molar-refractivity contribution is 7.18. The summed E-state index contributed by atoms with van der Waals surface area (Å²) in [5.41, 5.74) is 2.07. The summed E-state index contributed by atoms with van der Waals surface area (Å²) in [7, 11) is 0. The third-order valence-corrected chi connectivity index (χ3v) is 4.56. The van der Waals surface area contributed by atoms with Gasteiger partial charge in [0.25, 0.3) is 0 Å². The van der Waals surface area contributed by atoms with Crippen molar-refractivity contribution in [2.75, 3.05) is 6.54 Å². The van der Waals surface area contributed by atoms with Gasteiger partial charge in [0.1, 0.15) is 0 Å². The molecule has 5 heteroatoms. The number of fused-ring (bicyclic) bond motifs is 1. The lowest BCUT2D eigenvalue weighted by molar-refractivity contribution is 0.536. The average Bonchev–Trinajstić information content (AvgIpc) is 2.90. The van der Waals surface area contributed by atoms with Crippen molar-refractivity contribution in [2.24, 2.45) is 0 Å². The largest absolute Gasteiger partial charge is 0.309 e. The fourth-order valence-electron chi connectivity index (χ4n) is 2.30. The monoisotopic (exact) mass is 317 g/mol. The molecule has 0 spiro atoms. The summed E-state index contributed by atoms with van der Waals surface area (Å²) in [5, 5.41) is 5.26. The first-order chi connectivity index (χ1) is 10.3. The van der Waals surface area contributed by atoms with Gasteiger partial charge in [-0.3, -0.25) is 4.98 Å².